The summed E-state index contributed by atoms with van der Waals surface area (Å²) < 4.78 is 1.59. The third-order valence-electron chi connectivity index (χ3n) is 2.32. The third kappa shape index (κ3) is 1.22. The number of aromatic hydroxyl groups is 1. The molecule has 2 heterocycles. The summed E-state index contributed by atoms with van der Waals surface area (Å²) in [6.45, 7) is 0. The Labute approximate surface area is 91.0 Å². The highest BCUT2D eigenvalue weighted by Crippen LogP contribution is 2.26. The Morgan fingerprint density at radius 2 is 1.88 bits per heavy atom. The molecule has 1 aromatic carbocycles. The van der Waals surface area contributed by atoms with E-state index >= 15 is 0 Å². The molecule has 0 amide bonds. The lowest BCUT2D eigenvalue weighted by Gasteiger charge is -2.00. The number of hydrogen-bond acceptors (Lipinski definition) is 4. The SMILES string of the molecule is Oc1ccccc1-c1nnc2cccnn12. The first-order chi connectivity index (χ1) is 7.86. The van der Waals surface area contributed by atoms with Crippen molar-refractivity contribution >= 4 is 5.65 Å². The molecule has 0 aliphatic carbocycles. The first-order valence-corrected chi connectivity index (χ1v) is 4.81. The molecular formula is C11H8N4O. The maximum absolute atomic E-state index is 9.73. The van der Waals surface area contributed by atoms with E-state index in [9.17, 15) is 5.11 Å². The summed E-state index contributed by atoms with van der Waals surface area (Å²) in [5, 5.41) is 21.9. The van der Waals surface area contributed by atoms with Gasteiger partial charge in [0.1, 0.15) is 5.75 Å². The van der Waals surface area contributed by atoms with Crippen LogP contribution in [0.4, 0.5) is 0 Å². The minimum absolute atomic E-state index is 0.169. The number of benzene rings is 1. The van der Waals surface area contributed by atoms with Gasteiger partial charge in [-0.15, -0.1) is 10.2 Å². The molecule has 3 aromatic rings. The Kier molecular flexibility index (Phi) is 1.83. The molecule has 0 bridgehead atoms. The van der Waals surface area contributed by atoms with Crippen molar-refractivity contribution in [3.63, 3.8) is 0 Å². The van der Waals surface area contributed by atoms with E-state index in [0.29, 0.717) is 17.0 Å². The summed E-state index contributed by atoms with van der Waals surface area (Å²) in [5.41, 5.74) is 1.27. The highest BCUT2D eigenvalue weighted by atomic mass is 16.3. The van der Waals surface area contributed by atoms with E-state index in [-0.39, 0.29) is 5.75 Å². The molecule has 0 aliphatic rings. The maximum Gasteiger partial charge on any atom is 0.189 e. The Balaban J connectivity index is 2.31. The third-order valence-corrected chi connectivity index (χ3v) is 2.32. The standard InChI is InChI=1S/C11H8N4O/c16-9-5-2-1-4-8(9)11-14-13-10-6-3-7-12-15(10)11/h1-7,16H. The lowest BCUT2D eigenvalue weighted by atomic mass is 10.2. The number of para-hydroxylation sites is 1. The molecule has 3 rings (SSSR count). The molecule has 0 aliphatic heterocycles. The normalized spacial score (nSPS) is 10.8. The predicted octanol–water partition coefficient (Wildman–Crippen LogP) is 1.50. The summed E-state index contributed by atoms with van der Waals surface area (Å²) >= 11 is 0. The van der Waals surface area contributed by atoms with E-state index in [1.807, 2.05) is 12.1 Å². The van der Waals surface area contributed by atoms with Crippen LogP contribution in [0.15, 0.2) is 42.6 Å². The van der Waals surface area contributed by atoms with Crippen LogP contribution in [-0.2, 0) is 0 Å². The zero-order valence-electron chi connectivity index (χ0n) is 8.28. The number of phenolic OH excluding ortho intramolecular Hbond substituents is 1. The molecule has 0 atom stereocenters. The largest absolute Gasteiger partial charge is 0.507 e. The number of rotatable bonds is 1. The molecular weight excluding hydrogens is 204 g/mol. The lowest BCUT2D eigenvalue weighted by molar-refractivity contribution is 0.476. The van der Waals surface area contributed by atoms with Crippen molar-refractivity contribution in [2.24, 2.45) is 0 Å². The van der Waals surface area contributed by atoms with Gasteiger partial charge in [0.25, 0.3) is 0 Å². The smallest absolute Gasteiger partial charge is 0.189 e. The molecule has 0 saturated carbocycles. The minimum Gasteiger partial charge on any atom is -0.507 e. The van der Waals surface area contributed by atoms with Gasteiger partial charge in [-0.25, -0.2) is 0 Å². The van der Waals surface area contributed by atoms with Gasteiger partial charge in [-0.1, -0.05) is 12.1 Å². The maximum atomic E-state index is 9.73. The molecule has 0 unspecified atom stereocenters. The van der Waals surface area contributed by atoms with Gasteiger partial charge in [-0.05, 0) is 24.3 Å². The van der Waals surface area contributed by atoms with Gasteiger partial charge < -0.3 is 5.11 Å². The average Bonchev–Trinajstić information content (AvgIpc) is 2.74. The van der Waals surface area contributed by atoms with E-state index in [4.69, 9.17) is 0 Å². The summed E-state index contributed by atoms with van der Waals surface area (Å²) in [7, 11) is 0. The van der Waals surface area contributed by atoms with Crippen molar-refractivity contribution in [1.82, 2.24) is 19.8 Å². The summed E-state index contributed by atoms with van der Waals surface area (Å²) in [6, 6.07) is 10.6. The van der Waals surface area contributed by atoms with Crippen LogP contribution in [0.2, 0.25) is 0 Å². The number of phenols is 1. The fourth-order valence-electron chi connectivity index (χ4n) is 1.57. The number of hydrogen-bond donors (Lipinski definition) is 1. The van der Waals surface area contributed by atoms with Crippen LogP contribution in [0.5, 0.6) is 5.75 Å². The van der Waals surface area contributed by atoms with Gasteiger partial charge in [-0.2, -0.15) is 9.61 Å². The second-order valence-electron chi connectivity index (χ2n) is 3.33. The molecule has 5 heteroatoms. The molecule has 1 N–H and O–H groups in total. The Morgan fingerprint density at radius 1 is 1.00 bits per heavy atom. The van der Waals surface area contributed by atoms with Crippen LogP contribution in [0.1, 0.15) is 0 Å². The fraction of sp³-hybridized carbons (Fsp3) is 0. The van der Waals surface area contributed by atoms with Gasteiger partial charge in [0, 0.05) is 6.20 Å². The number of nitrogens with zero attached hydrogens (tertiary/aromatic N) is 4. The molecule has 0 saturated heterocycles. The molecule has 0 spiro atoms. The van der Waals surface area contributed by atoms with Crippen molar-refractivity contribution in [2.45, 2.75) is 0 Å². The van der Waals surface area contributed by atoms with Crippen molar-refractivity contribution in [1.29, 1.82) is 0 Å². The molecule has 16 heavy (non-hydrogen) atoms. The zero-order valence-corrected chi connectivity index (χ0v) is 8.28. The van der Waals surface area contributed by atoms with Crippen LogP contribution in [0.25, 0.3) is 17.0 Å². The summed E-state index contributed by atoms with van der Waals surface area (Å²) in [6.07, 6.45) is 1.65. The van der Waals surface area contributed by atoms with Gasteiger partial charge in [0.15, 0.2) is 11.5 Å². The monoisotopic (exact) mass is 212 g/mol. The quantitative estimate of drug-likeness (QED) is 0.663. The Morgan fingerprint density at radius 3 is 2.75 bits per heavy atom. The average molecular weight is 212 g/mol. The number of aromatic nitrogens is 4. The van der Waals surface area contributed by atoms with Crippen molar-refractivity contribution in [3.8, 4) is 17.1 Å². The molecule has 2 aromatic heterocycles. The zero-order chi connectivity index (χ0) is 11.0. The second kappa shape index (κ2) is 3.30. The summed E-state index contributed by atoms with van der Waals surface area (Å²) in [4.78, 5) is 0. The minimum atomic E-state index is 0.169. The van der Waals surface area contributed by atoms with E-state index in [2.05, 4.69) is 15.3 Å². The first kappa shape index (κ1) is 8.84. The fourth-order valence-corrected chi connectivity index (χ4v) is 1.57. The van der Waals surface area contributed by atoms with Crippen molar-refractivity contribution in [3.05, 3.63) is 42.6 Å². The van der Waals surface area contributed by atoms with Crippen LogP contribution in [0, 0.1) is 0 Å². The van der Waals surface area contributed by atoms with E-state index in [1.165, 1.54) is 0 Å². The molecule has 5 nitrogen and oxygen atoms in total. The van der Waals surface area contributed by atoms with Crippen molar-refractivity contribution in [2.75, 3.05) is 0 Å². The van der Waals surface area contributed by atoms with E-state index < -0.39 is 0 Å². The first-order valence-electron chi connectivity index (χ1n) is 4.81. The predicted molar refractivity (Wildman–Crippen MR) is 57.9 cm³/mol. The molecule has 78 valence electrons. The van der Waals surface area contributed by atoms with Crippen LogP contribution >= 0.6 is 0 Å². The van der Waals surface area contributed by atoms with Gasteiger partial charge in [0.2, 0.25) is 0 Å². The second-order valence-corrected chi connectivity index (χ2v) is 3.33. The topological polar surface area (TPSA) is 63.3 Å². The van der Waals surface area contributed by atoms with Crippen LogP contribution in [-0.4, -0.2) is 24.9 Å². The van der Waals surface area contributed by atoms with Crippen LogP contribution in [0.3, 0.4) is 0 Å². The Hall–Kier alpha value is -2.43. The van der Waals surface area contributed by atoms with Gasteiger partial charge in [0.05, 0.1) is 5.56 Å². The summed E-state index contributed by atoms with van der Waals surface area (Å²) in [5.74, 6) is 0.705. The Bertz CT molecular complexity index is 647. The van der Waals surface area contributed by atoms with Crippen LogP contribution < -0.4 is 0 Å². The van der Waals surface area contributed by atoms with Gasteiger partial charge in [-0.3, -0.25) is 0 Å². The highest BCUT2D eigenvalue weighted by molar-refractivity contribution is 5.65. The van der Waals surface area contributed by atoms with Gasteiger partial charge >= 0.3 is 0 Å². The lowest BCUT2D eigenvalue weighted by Crippen LogP contribution is -1.93. The number of fused-ring (bicyclic) bond motifs is 1. The van der Waals surface area contributed by atoms with E-state index in [0.717, 1.165) is 0 Å². The van der Waals surface area contributed by atoms with E-state index in [1.54, 1.807) is 35.0 Å². The van der Waals surface area contributed by atoms with Crippen molar-refractivity contribution < 1.29 is 5.11 Å². The molecule has 0 fully saturated rings. The molecule has 0 radical (unpaired) electrons. The highest BCUT2D eigenvalue weighted by Gasteiger charge is 2.11.